The summed E-state index contributed by atoms with van der Waals surface area (Å²) in [5.74, 6) is 0.637. The molecule has 0 rings (SSSR count). The van der Waals surface area contributed by atoms with Crippen LogP contribution in [0, 0.1) is 5.92 Å². The van der Waals surface area contributed by atoms with Gasteiger partial charge in [0.2, 0.25) is 0 Å². The van der Waals surface area contributed by atoms with E-state index >= 15 is 0 Å². The van der Waals surface area contributed by atoms with Gasteiger partial charge in [-0.1, -0.05) is 27.2 Å². The number of hydrogen-bond acceptors (Lipinski definition) is 3. The van der Waals surface area contributed by atoms with Crippen LogP contribution < -0.4 is 5.73 Å². The van der Waals surface area contributed by atoms with E-state index in [2.05, 4.69) is 25.7 Å². The van der Waals surface area contributed by atoms with E-state index in [9.17, 15) is 0 Å². The van der Waals surface area contributed by atoms with Crippen molar-refractivity contribution in [3.8, 4) is 0 Å². The normalized spacial score (nSPS) is 13.6. The van der Waals surface area contributed by atoms with Gasteiger partial charge in [0.15, 0.2) is 0 Å². The number of rotatable bonds is 11. The van der Waals surface area contributed by atoms with Gasteiger partial charge in [0.05, 0.1) is 6.61 Å². The minimum absolute atomic E-state index is 0.637. The summed E-state index contributed by atoms with van der Waals surface area (Å²) in [5, 5.41) is 0. The smallest absolute Gasteiger partial charge is 0.0589 e. The van der Waals surface area contributed by atoms with Crippen LogP contribution in [0.25, 0.3) is 0 Å². The quantitative estimate of drug-likeness (QED) is 0.607. The van der Waals surface area contributed by atoms with Crippen molar-refractivity contribution < 1.29 is 4.74 Å². The van der Waals surface area contributed by atoms with E-state index < -0.39 is 0 Å². The third-order valence-corrected chi connectivity index (χ3v) is 3.56. The van der Waals surface area contributed by atoms with E-state index in [1.54, 1.807) is 7.11 Å². The van der Waals surface area contributed by atoms with Crippen LogP contribution in [0.1, 0.15) is 46.5 Å². The van der Waals surface area contributed by atoms with Gasteiger partial charge >= 0.3 is 0 Å². The molecule has 0 saturated carbocycles. The highest BCUT2D eigenvalue weighted by atomic mass is 16.5. The maximum atomic E-state index is 5.86. The fourth-order valence-corrected chi connectivity index (χ4v) is 2.46. The molecule has 17 heavy (non-hydrogen) atoms. The molecule has 0 bridgehead atoms. The van der Waals surface area contributed by atoms with Gasteiger partial charge in [-0.05, 0) is 31.7 Å². The first-order chi connectivity index (χ1) is 8.23. The lowest BCUT2D eigenvalue weighted by Gasteiger charge is -2.33. The molecule has 0 heterocycles. The van der Waals surface area contributed by atoms with Gasteiger partial charge in [-0.2, -0.15) is 0 Å². The van der Waals surface area contributed by atoms with Crippen molar-refractivity contribution in [2.24, 2.45) is 11.7 Å². The number of hydrogen-bond donors (Lipinski definition) is 1. The molecule has 0 spiro atoms. The minimum atomic E-state index is 0.637. The van der Waals surface area contributed by atoms with Crippen molar-refractivity contribution in [3.05, 3.63) is 0 Å². The van der Waals surface area contributed by atoms with E-state index in [-0.39, 0.29) is 0 Å². The van der Waals surface area contributed by atoms with Gasteiger partial charge in [-0.25, -0.2) is 0 Å². The summed E-state index contributed by atoms with van der Waals surface area (Å²) in [6, 6.07) is 0.677. The molecule has 104 valence electrons. The summed E-state index contributed by atoms with van der Waals surface area (Å²) in [6.45, 7) is 10.6. The zero-order valence-electron chi connectivity index (χ0n) is 12.2. The highest BCUT2D eigenvalue weighted by molar-refractivity contribution is 4.73. The first-order valence-electron chi connectivity index (χ1n) is 7.16. The zero-order valence-corrected chi connectivity index (χ0v) is 12.2. The van der Waals surface area contributed by atoms with E-state index in [1.165, 1.54) is 25.7 Å². The largest absolute Gasteiger partial charge is 0.383 e. The van der Waals surface area contributed by atoms with E-state index in [1.807, 2.05) is 0 Å². The molecule has 0 aliphatic carbocycles. The molecule has 2 N–H and O–H groups in total. The molecule has 0 aromatic heterocycles. The SMILES string of the molecule is CCCC(CN)CN(CCOC)C(CC)CC. The van der Waals surface area contributed by atoms with Crippen molar-refractivity contribution >= 4 is 0 Å². The average Bonchev–Trinajstić information content (AvgIpc) is 2.36. The maximum absolute atomic E-state index is 5.86. The molecule has 0 saturated heterocycles. The second-order valence-electron chi connectivity index (χ2n) is 4.85. The number of ether oxygens (including phenoxy) is 1. The second-order valence-corrected chi connectivity index (χ2v) is 4.85. The van der Waals surface area contributed by atoms with Gasteiger partial charge in [0, 0.05) is 26.2 Å². The standard InChI is InChI=1S/C14H32N2O/c1-5-8-13(11-15)12-16(9-10-17-4)14(6-2)7-3/h13-14H,5-12,15H2,1-4H3. The third-order valence-electron chi connectivity index (χ3n) is 3.56. The Bertz CT molecular complexity index is 160. The molecule has 0 aromatic rings. The van der Waals surface area contributed by atoms with E-state index in [4.69, 9.17) is 10.5 Å². The Hall–Kier alpha value is -0.120. The monoisotopic (exact) mass is 244 g/mol. The Morgan fingerprint density at radius 1 is 1.18 bits per heavy atom. The summed E-state index contributed by atoms with van der Waals surface area (Å²) >= 11 is 0. The van der Waals surface area contributed by atoms with Crippen LogP contribution in [0.4, 0.5) is 0 Å². The van der Waals surface area contributed by atoms with Crippen molar-refractivity contribution in [2.75, 3.05) is 33.4 Å². The predicted molar refractivity (Wildman–Crippen MR) is 75.3 cm³/mol. The van der Waals surface area contributed by atoms with Crippen molar-refractivity contribution in [1.29, 1.82) is 0 Å². The van der Waals surface area contributed by atoms with Crippen LogP contribution in [0.15, 0.2) is 0 Å². The number of nitrogens with two attached hydrogens (primary N) is 1. The molecule has 1 unspecified atom stereocenters. The molecule has 3 nitrogen and oxygen atoms in total. The van der Waals surface area contributed by atoms with Gasteiger partial charge in [0.25, 0.3) is 0 Å². The Balaban J connectivity index is 4.32. The van der Waals surface area contributed by atoms with Gasteiger partial charge in [0.1, 0.15) is 0 Å². The first kappa shape index (κ1) is 16.9. The molecule has 0 amide bonds. The van der Waals surface area contributed by atoms with Crippen molar-refractivity contribution in [2.45, 2.75) is 52.5 Å². The van der Waals surface area contributed by atoms with Crippen molar-refractivity contribution in [3.63, 3.8) is 0 Å². The zero-order chi connectivity index (χ0) is 13.1. The topological polar surface area (TPSA) is 38.5 Å². The maximum Gasteiger partial charge on any atom is 0.0589 e. The lowest BCUT2D eigenvalue weighted by Crippen LogP contribution is -2.41. The van der Waals surface area contributed by atoms with Crippen LogP contribution in [0.5, 0.6) is 0 Å². The number of methoxy groups -OCH3 is 1. The highest BCUT2D eigenvalue weighted by Crippen LogP contribution is 2.14. The lowest BCUT2D eigenvalue weighted by atomic mass is 10.0. The summed E-state index contributed by atoms with van der Waals surface area (Å²) < 4.78 is 5.21. The summed E-state index contributed by atoms with van der Waals surface area (Å²) in [4.78, 5) is 2.57. The van der Waals surface area contributed by atoms with Gasteiger partial charge in [-0.3, -0.25) is 4.90 Å². The summed E-state index contributed by atoms with van der Waals surface area (Å²) in [6.07, 6.45) is 4.89. The Morgan fingerprint density at radius 2 is 1.82 bits per heavy atom. The fourth-order valence-electron chi connectivity index (χ4n) is 2.46. The summed E-state index contributed by atoms with van der Waals surface area (Å²) in [7, 11) is 1.78. The Morgan fingerprint density at radius 3 is 2.24 bits per heavy atom. The third kappa shape index (κ3) is 7.02. The molecule has 3 heteroatoms. The second kappa shape index (κ2) is 11.0. The predicted octanol–water partition coefficient (Wildman–Crippen LogP) is 2.50. The average molecular weight is 244 g/mol. The fraction of sp³-hybridized carbons (Fsp3) is 1.00. The molecule has 0 radical (unpaired) electrons. The molecule has 0 aliphatic heterocycles. The molecule has 0 aliphatic rings. The van der Waals surface area contributed by atoms with Crippen molar-refractivity contribution in [1.82, 2.24) is 4.90 Å². The van der Waals surface area contributed by atoms with Crippen LogP contribution >= 0.6 is 0 Å². The van der Waals surface area contributed by atoms with Crippen LogP contribution in [0.3, 0.4) is 0 Å². The highest BCUT2D eigenvalue weighted by Gasteiger charge is 2.18. The van der Waals surface area contributed by atoms with Gasteiger partial charge in [-0.15, -0.1) is 0 Å². The number of nitrogens with zero attached hydrogens (tertiary/aromatic N) is 1. The lowest BCUT2D eigenvalue weighted by molar-refractivity contribution is 0.101. The first-order valence-corrected chi connectivity index (χ1v) is 7.16. The Labute approximate surface area is 108 Å². The van der Waals surface area contributed by atoms with Crippen LogP contribution in [-0.4, -0.2) is 44.3 Å². The molecular weight excluding hydrogens is 212 g/mol. The van der Waals surface area contributed by atoms with Gasteiger partial charge < -0.3 is 10.5 Å². The Kier molecular flexibility index (Phi) is 10.9. The molecule has 1 atom stereocenters. The summed E-state index contributed by atoms with van der Waals surface area (Å²) in [5.41, 5.74) is 5.86. The van der Waals surface area contributed by atoms with Crippen LogP contribution in [0.2, 0.25) is 0 Å². The minimum Gasteiger partial charge on any atom is -0.383 e. The van der Waals surface area contributed by atoms with E-state index in [0.717, 1.165) is 26.2 Å². The van der Waals surface area contributed by atoms with Crippen LogP contribution in [-0.2, 0) is 4.74 Å². The molecule has 0 fully saturated rings. The molecular formula is C14H32N2O. The molecule has 0 aromatic carbocycles. The van der Waals surface area contributed by atoms with E-state index in [0.29, 0.717) is 12.0 Å².